The lowest BCUT2D eigenvalue weighted by Gasteiger charge is -2.11. The Kier molecular flexibility index (Phi) is 4.55. The van der Waals surface area contributed by atoms with Crippen molar-refractivity contribution in [3.8, 4) is 0 Å². The van der Waals surface area contributed by atoms with E-state index in [1.807, 2.05) is 6.07 Å². The molecule has 0 unspecified atom stereocenters. The summed E-state index contributed by atoms with van der Waals surface area (Å²) in [5, 5.41) is 12.9. The first-order valence-corrected chi connectivity index (χ1v) is 7.17. The van der Waals surface area contributed by atoms with Crippen molar-refractivity contribution < 1.29 is 14.7 Å². The summed E-state index contributed by atoms with van der Waals surface area (Å²) in [7, 11) is 0. The van der Waals surface area contributed by atoms with E-state index in [4.69, 9.17) is 28.3 Å². The van der Waals surface area contributed by atoms with Crippen LogP contribution in [0.2, 0.25) is 10.0 Å². The number of amides is 1. The number of carbonyl (C=O) groups is 2. The van der Waals surface area contributed by atoms with Crippen molar-refractivity contribution in [3.05, 3.63) is 33.8 Å². The molecule has 20 heavy (non-hydrogen) atoms. The van der Waals surface area contributed by atoms with Crippen molar-refractivity contribution in [2.24, 2.45) is 5.41 Å². The number of aryl methyl sites for hydroxylation is 1. The van der Waals surface area contributed by atoms with E-state index >= 15 is 0 Å². The minimum absolute atomic E-state index is 0.382. The number of carbonyl (C=O) groups excluding carboxylic acids is 1. The molecule has 108 valence electrons. The molecule has 1 aromatic carbocycles. The van der Waals surface area contributed by atoms with E-state index in [0.29, 0.717) is 42.3 Å². The monoisotopic (exact) mass is 315 g/mol. The molecular formula is C14H15Cl2NO3. The van der Waals surface area contributed by atoms with Crippen LogP contribution in [-0.2, 0) is 16.0 Å². The van der Waals surface area contributed by atoms with Gasteiger partial charge in [0.05, 0.1) is 0 Å². The molecule has 1 fully saturated rings. The van der Waals surface area contributed by atoms with Crippen LogP contribution >= 0.6 is 23.2 Å². The van der Waals surface area contributed by atoms with Gasteiger partial charge >= 0.3 is 5.97 Å². The van der Waals surface area contributed by atoms with Gasteiger partial charge in [-0.1, -0.05) is 29.3 Å². The van der Waals surface area contributed by atoms with Gasteiger partial charge in [-0.25, -0.2) is 0 Å². The maximum atomic E-state index is 11.8. The van der Waals surface area contributed by atoms with Gasteiger partial charge in [-0.3, -0.25) is 9.59 Å². The van der Waals surface area contributed by atoms with Crippen molar-refractivity contribution in [2.45, 2.75) is 25.7 Å². The number of rotatable bonds is 6. The highest BCUT2D eigenvalue weighted by Crippen LogP contribution is 2.46. The van der Waals surface area contributed by atoms with E-state index in [2.05, 4.69) is 5.32 Å². The molecule has 6 heteroatoms. The molecule has 2 N–H and O–H groups in total. The highest BCUT2D eigenvalue weighted by atomic mass is 35.5. The van der Waals surface area contributed by atoms with Crippen molar-refractivity contribution in [3.63, 3.8) is 0 Å². The normalized spacial score (nSPS) is 15.7. The van der Waals surface area contributed by atoms with Crippen LogP contribution in [0.4, 0.5) is 0 Å². The molecule has 4 nitrogen and oxygen atoms in total. The SMILES string of the molecule is O=C(O)C1(C(=O)NCCCc2ccc(Cl)cc2Cl)CC1. The average molecular weight is 316 g/mol. The summed E-state index contributed by atoms with van der Waals surface area (Å²) in [6.45, 7) is 0.437. The van der Waals surface area contributed by atoms with Crippen LogP contribution in [0.15, 0.2) is 18.2 Å². The second-order valence-electron chi connectivity index (χ2n) is 4.98. The maximum absolute atomic E-state index is 11.8. The fraction of sp³-hybridized carbons (Fsp3) is 0.429. The lowest BCUT2D eigenvalue weighted by atomic mass is 10.1. The minimum atomic E-state index is -1.17. The molecule has 2 rings (SSSR count). The van der Waals surface area contributed by atoms with Crippen LogP contribution in [0.3, 0.4) is 0 Å². The Labute approximate surface area is 127 Å². The van der Waals surface area contributed by atoms with E-state index in [0.717, 1.165) is 5.56 Å². The van der Waals surface area contributed by atoms with Gasteiger partial charge in [0.1, 0.15) is 5.41 Å². The summed E-state index contributed by atoms with van der Waals surface area (Å²) in [5.41, 5.74) is -0.206. The second-order valence-corrected chi connectivity index (χ2v) is 5.83. The number of carboxylic acid groups (broad SMARTS) is 1. The molecule has 0 bridgehead atoms. The predicted octanol–water partition coefficient (Wildman–Crippen LogP) is 2.91. The zero-order valence-electron chi connectivity index (χ0n) is 10.8. The highest BCUT2D eigenvalue weighted by molar-refractivity contribution is 6.35. The molecule has 0 aromatic heterocycles. The van der Waals surface area contributed by atoms with Crippen molar-refractivity contribution in [1.29, 1.82) is 0 Å². The number of nitrogens with one attached hydrogen (secondary N) is 1. The third-order valence-electron chi connectivity index (χ3n) is 3.52. The van der Waals surface area contributed by atoms with E-state index in [9.17, 15) is 9.59 Å². The van der Waals surface area contributed by atoms with Gasteiger partial charge in [-0.2, -0.15) is 0 Å². The third-order valence-corrected chi connectivity index (χ3v) is 4.10. The van der Waals surface area contributed by atoms with Crippen LogP contribution in [0.25, 0.3) is 0 Å². The van der Waals surface area contributed by atoms with Crippen LogP contribution in [-0.4, -0.2) is 23.5 Å². The van der Waals surface area contributed by atoms with E-state index in [1.165, 1.54) is 0 Å². The Bertz CT molecular complexity index is 541. The van der Waals surface area contributed by atoms with Gasteiger partial charge in [-0.15, -0.1) is 0 Å². The molecule has 0 saturated heterocycles. The summed E-state index contributed by atoms with van der Waals surface area (Å²) in [6, 6.07) is 5.30. The van der Waals surface area contributed by atoms with E-state index in [1.54, 1.807) is 12.1 Å². The van der Waals surface area contributed by atoms with Gasteiger partial charge < -0.3 is 10.4 Å². The lowest BCUT2D eigenvalue weighted by Crippen LogP contribution is -2.37. The Morgan fingerprint density at radius 2 is 2.00 bits per heavy atom. The van der Waals surface area contributed by atoms with E-state index in [-0.39, 0.29) is 5.91 Å². The van der Waals surface area contributed by atoms with Gasteiger partial charge in [-0.05, 0) is 43.4 Å². The number of benzene rings is 1. The molecule has 0 heterocycles. The maximum Gasteiger partial charge on any atom is 0.319 e. The van der Waals surface area contributed by atoms with Crippen molar-refractivity contribution in [1.82, 2.24) is 5.32 Å². The second kappa shape index (κ2) is 6.02. The molecule has 1 aliphatic carbocycles. The van der Waals surface area contributed by atoms with Crippen molar-refractivity contribution in [2.75, 3.05) is 6.54 Å². The van der Waals surface area contributed by atoms with Crippen LogP contribution in [0.1, 0.15) is 24.8 Å². The highest BCUT2D eigenvalue weighted by Gasteiger charge is 2.56. The molecule has 0 atom stereocenters. The van der Waals surface area contributed by atoms with Crippen molar-refractivity contribution >= 4 is 35.1 Å². The molecule has 1 aliphatic rings. The van der Waals surface area contributed by atoms with E-state index < -0.39 is 11.4 Å². The molecule has 1 saturated carbocycles. The topological polar surface area (TPSA) is 66.4 Å². The first-order valence-electron chi connectivity index (χ1n) is 6.41. The van der Waals surface area contributed by atoms with Gasteiger partial charge in [0.25, 0.3) is 0 Å². The third kappa shape index (κ3) is 3.25. The lowest BCUT2D eigenvalue weighted by molar-refractivity contribution is -0.149. The standard InChI is InChI=1S/C14H15Cl2NO3/c15-10-4-3-9(11(16)8-10)2-1-7-17-12(18)14(5-6-14)13(19)20/h3-4,8H,1-2,5-7H2,(H,17,18)(H,19,20). The summed E-state index contributed by atoms with van der Waals surface area (Å²) in [6.07, 6.45) is 2.26. The number of halogens is 2. The summed E-state index contributed by atoms with van der Waals surface area (Å²) >= 11 is 11.9. The minimum Gasteiger partial charge on any atom is -0.480 e. The Morgan fingerprint density at radius 3 is 2.55 bits per heavy atom. The predicted molar refractivity (Wildman–Crippen MR) is 77.1 cm³/mol. The quantitative estimate of drug-likeness (QED) is 0.626. The first-order chi connectivity index (χ1) is 9.45. The average Bonchev–Trinajstić information content (AvgIpc) is 3.17. The number of hydrogen-bond donors (Lipinski definition) is 2. The smallest absolute Gasteiger partial charge is 0.319 e. The fourth-order valence-corrected chi connectivity index (χ4v) is 2.54. The van der Waals surface area contributed by atoms with Gasteiger partial charge in [0, 0.05) is 16.6 Å². The molecule has 1 amide bonds. The number of hydrogen-bond acceptors (Lipinski definition) is 2. The van der Waals surface area contributed by atoms with Crippen LogP contribution < -0.4 is 5.32 Å². The largest absolute Gasteiger partial charge is 0.480 e. The zero-order chi connectivity index (χ0) is 14.8. The first kappa shape index (κ1) is 15.1. The molecule has 1 aromatic rings. The Hall–Kier alpha value is -1.26. The summed E-state index contributed by atoms with van der Waals surface area (Å²) in [4.78, 5) is 22.7. The molecule has 0 radical (unpaired) electrons. The molecule has 0 spiro atoms. The number of carboxylic acids is 1. The van der Waals surface area contributed by atoms with Crippen LogP contribution in [0, 0.1) is 5.41 Å². The Morgan fingerprint density at radius 1 is 1.30 bits per heavy atom. The zero-order valence-corrected chi connectivity index (χ0v) is 12.3. The summed E-state index contributed by atoms with van der Waals surface area (Å²) < 4.78 is 0. The number of aliphatic carboxylic acids is 1. The van der Waals surface area contributed by atoms with Gasteiger partial charge in [0.15, 0.2) is 0 Å². The molecule has 0 aliphatic heterocycles. The molecular weight excluding hydrogens is 301 g/mol. The fourth-order valence-electron chi connectivity index (χ4n) is 2.04. The Balaban J connectivity index is 1.77. The van der Waals surface area contributed by atoms with Gasteiger partial charge in [0.2, 0.25) is 5.91 Å². The summed E-state index contributed by atoms with van der Waals surface area (Å²) in [5.74, 6) is -1.41. The van der Waals surface area contributed by atoms with Crippen LogP contribution in [0.5, 0.6) is 0 Å².